The molecule has 0 saturated heterocycles. The summed E-state index contributed by atoms with van der Waals surface area (Å²) in [7, 11) is 1.44. The van der Waals surface area contributed by atoms with E-state index in [2.05, 4.69) is 28.6 Å². The summed E-state index contributed by atoms with van der Waals surface area (Å²) in [6.07, 6.45) is 0. The van der Waals surface area contributed by atoms with Crippen molar-refractivity contribution in [3.05, 3.63) is 23.3 Å². The van der Waals surface area contributed by atoms with Crippen LogP contribution in [0.3, 0.4) is 0 Å². The van der Waals surface area contributed by atoms with E-state index in [4.69, 9.17) is 15.9 Å². The molecule has 7 heteroatoms. The summed E-state index contributed by atoms with van der Waals surface area (Å²) in [5, 5.41) is 9.04. The first-order valence-electron chi connectivity index (χ1n) is 3.66. The van der Waals surface area contributed by atoms with Crippen LogP contribution in [0.25, 0.3) is 0 Å². The Morgan fingerprint density at radius 2 is 2.13 bits per heavy atom. The summed E-state index contributed by atoms with van der Waals surface area (Å²) in [4.78, 5) is 0.270. The standard InChI is InChI=1S/C8H5BrClNO2S2/c9-3-5-1-6(4-11)7(14)2-8(5)15(10,12)13/h1-2,14H,3H2. The van der Waals surface area contributed by atoms with Gasteiger partial charge in [0.25, 0.3) is 9.05 Å². The van der Waals surface area contributed by atoms with Gasteiger partial charge in [0.05, 0.1) is 10.5 Å². The number of alkyl halides is 1. The zero-order valence-electron chi connectivity index (χ0n) is 7.24. The number of hydrogen-bond acceptors (Lipinski definition) is 4. The molecule has 0 bridgehead atoms. The van der Waals surface area contributed by atoms with Crippen molar-refractivity contribution in [3.8, 4) is 6.07 Å². The molecule has 80 valence electrons. The highest BCUT2D eigenvalue weighted by Crippen LogP contribution is 2.27. The van der Waals surface area contributed by atoms with Gasteiger partial charge in [-0.05, 0) is 17.7 Å². The number of rotatable bonds is 2. The number of halogens is 2. The molecule has 0 aromatic heterocycles. The Morgan fingerprint density at radius 3 is 2.53 bits per heavy atom. The third-order valence-corrected chi connectivity index (χ3v) is 4.08. The van der Waals surface area contributed by atoms with Crippen molar-refractivity contribution in [1.29, 1.82) is 5.26 Å². The maximum Gasteiger partial charge on any atom is 0.261 e. The maximum absolute atomic E-state index is 11.2. The van der Waals surface area contributed by atoms with Crippen LogP contribution < -0.4 is 0 Å². The van der Waals surface area contributed by atoms with Gasteiger partial charge in [0.1, 0.15) is 6.07 Å². The van der Waals surface area contributed by atoms with Crippen molar-refractivity contribution in [3.63, 3.8) is 0 Å². The number of hydrogen-bond donors (Lipinski definition) is 1. The minimum absolute atomic E-state index is 0.0231. The molecule has 0 N–H and O–H groups in total. The highest BCUT2D eigenvalue weighted by molar-refractivity contribution is 9.08. The smallest absolute Gasteiger partial charge is 0.207 e. The molecule has 0 fully saturated rings. The second-order valence-corrected chi connectivity index (χ2v) is 6.24. The molecule has 0 aliphatic carbocycles. The van der Waals surface area contributed by atoms with Gasteiger partial charge in [-0.1, -0.05) is 15.9 Å². The predicted octanol–water partition coefficient (Wildman–Crippen LogP) is 2.67. The first-order valence-corrected chi connectivity index (χ1v) is 7.54. The van der Waals surface area contributed by atoms with Gasteiger partial charge in [-0.25, -0.2) is 8.42 Å². The molecule has 1 aromatic carbocycles. The van der Waals surface area contributed by atoms with Crippen LogP contribution in [0.2, 0.25) is 0 Å². The molecule has 3 nitrogen and oxygen atoms in total. The Balaban J connectivity index is 3.57. The molecule has 0 amide bonds. The lowest BCUT2D eigenvalue weighted by Crippen LogP contribution is -1.98. The van der Waals surface area contributed by atoms with E-state index in [0.29, 0.717) is 21.4 Å². The second-order valence-electron chi connectivity index (χ2n) is 2.66. The van der Waals surface area contributed by atoms with E-state index in [0.717, 1.165) is 0 Å². The molecule has 0 heterocycles. The van der Waals surface area contributed by atoms with Crippen molar-refractivity contribution in [2.45, 2.75) is 15.1 Å². The lowest BCUT2D eigenvalue weighted by atomic mass is 10.1. The van der Waals surface area contributed by atoms with Gasteiger partial charge in [0, 0.05) is 20.9 Å². The van der Waals surface area contributed by atoms with Crippen LogP contribution in [-0.2, 0) is 14.4 Å². The van der Waals surface area contributed by atoms with Gasteiger partial charge >= 0.3 is 0 Å². The first-order chi connectivity index (χ1) is 6.90. The topological polar surface area (TPSA) is 57.9 Å². The highest BCUT2D eigenvalue weighted by Gasteiger charge is 2.17. The average Bonchev–Trinajstić information content (AvgIpc) is 2.16. The number of thiol groups is 1. The number of nitrogens with zero attached hydrogens (tertiary/aromatic N) is 1. The van der Waals surface area contributed by atoms with Crippen molar-refractivity contribution < 1.29 is 8.42 Å². The summed E-state index contributed by atoms with van der Waals surface area (Å²) < 4.78 is 22.4. The van der Waals surface area contributed by atoms with Crippen LogP contribution in [0, 0.1) is 11.3 Å². The fourth-order valence-electron chi connectivity index (χ4n) is 1.03. The van der Waals surface area contributed by atoms with E-state index in [9.17, 15) is 8.42 Å². The lowest BCUT2D eigenvalue weighted by Gasteiger charge is -2.06. The predicted molar refractivity (Wildman–Crippen MR) is 64.1 cm³/mol. The Bertz CT molecular complexity index is 536. The Morgan fingerprint density at radius 1 is 1.53 bits per heavy atom. The van der Waals surface area contributed by atoms with Gasteiger partial charge < -0.3 is 0 Å². The minimum atomic E-state index is -3.81. The summed E-state index contributed by atoms with van der Waals surface area (Å²) in [6, 6.07) is 4.64. The summed E-state index contributed by atoms with van der Waals surface area (Å²) in [6.45, 7) is 0. The van der Waals surface area contributed by atoms with E-state index in [1.54, 1.807) is 0 Å². The van der Waals surface area contributed by atoms with Crippen LogP contribution >= 0.6 is 39.2 Å². The second kappa shape index (κ2) is 4.74. The van der Waals surface area contributed by atoms with Crippen LogP contribution in [0.5, 0.6) is 0 Å². The molecule has 0 radical (unpaired) electrons. The van der Waals surface area contributed by atoms with E-state index < -0.39 is 9.05 Å². The van der Waals surface area contributed by atoms with Crippen molar-refractivity contribution >= 4 is 48.3 Å². The molecule has 0 unspecified atom stereocenters. The summed E-state index contributed by atoms with van der Waals surface area (Å²) in [5.74, 6) is 0. The van der Waals surface area contributed by atoms with Gasteiger partial charge in [-0.2, -0.15) is 5.26 Å². The van der Waals surface area contributed by atoms with Crippen molar-refractivity contribution in [2.24, 2.45) is 0 Å². The van der Waals surface area contributed by atoms with E-state index in [-0.39, 0.29) is 4.90 Å². The van der Waals surface area contributed by atoms with Gasteiger partial charge in [0.2, 0.25) is 0 Å². The third-order valence-electron chi connectivity index (χ3n) is 1.71. The molecule has 0 saturated carbocycles. The molecule has 0 aliphatic heterocycles. The van der Waals surface area contributed by atoms with E-state index in [1.807, 2.05) is 6.07 Å². The van der Waals surface area contributed by atoms with Crippen LogP contribution in [0.15, 0.2) is 21.9 Å². The monoisotopic (exact) mass is 325 g/mol. The third kappa shape index (κ3) is 2.88. The molecule has 0 aliphatic rings. The summed E-state index contributed by atoms with van der Waals surface area (Å²) >= 11 is 7.14. The molecule has 1 aromatic rings. The largest absolute Gasteiger partial charge is 0.261 e. The molecule has 0 atom stereocenters. The molecular formula is C8H5BrClNO2S2. The summed E-state index contributed by atoms with van der Waals surface area (Å²) in [5.41, 5.74) is 0.760. The number of benzene rings is 1. The lowest BCUT2D eigenvalue weighted by molar-refractivity contribution is 0.608. The Labute approximate surface area is 106 Å². The Kier molecular flexibility index (Phi) is 4.06. The highest BCUT2D eigenvalue weighted by atomic mass is 79.9. The van der Waals surface area contributed by atoms with E-state index >= 15 is 0 Å². The minimum Gasteiger partial charge on any atom is -0.207 e. The van der Waals surface area contributed by atoms with Gasteiger partial charge in [0.15, 0.2) is 0 Å². The van der Waals surface area contributed by atoms with Crippen LogP contribution in [0.4, 0.5) is 0 Å². The average molecular weight is 327 g/mol. The maximum atomic E-state index is 11.2. The van der Waals surface area contributed by atoms with Gasteiger partial charge in [-0.15, -0.1) is 12.6 Å². The zero-order valence-corrected chi connectivity index (χ0v) is 11.3. The fraction of sp³-hybridized carbons (Fsp3) is 0.125. The quantitative estimate of drug-likeness (QED) is 0.516. The van der Waals surface area contributed by atoms with Crippen LogP contribution in [-0.4, -0.2) is 8.42 Å². The molecule has 15 heavy (non-hydrogen) atoms. The Hall–Kier alpha value is -0.220. The SMILES string of the molecule is N#Cc1cc(CBr)c(S(=O)(=O)Cl)cc1S. The molecule has 1 rings (SSSR count). The van der Waals surface area contributed by atoms with Crippen molar-refractivity contribution in [1.82, 2.24) is 0 Å². The molecule has 0 spiro atoms. The fourth-order valence-corrected chi connectivity index (χ4v) is 3.15. The van der Waals surface area contributed by atoms with Gasteiger partial charge in [-0.3, -0.25) is 0 Å². The first kappa shape index (κ1) is 12.8. The zero-order chi connectivity index (χ0) is 11.6. The number of nitriles is 1. The van der Waals surface area contributed by atoms with E-state index in [1.165, 1.54) is 12.1 Å². The molecular weight excluding hydrogens is 322 g/mol. The normalized spacial score (nSPS) is 11.1. The van der Waals surface area contributed by atoms with Crippen molar-refractivity contribution in [2.75, 3.05) is 0 Å². The van der Waals surface area contributed by atoms with Crippen LogP contribution in [0.1, 0.15) is 11.1 Å².